The normalized spacial score (nSPS) is 14.9. The number of ether oxygens (including phenoxy) is 3. The molecule has 6 nitrogen and oxygen atoms in total. The van der Waals surface area contributed by atoms with Gasteiger partial charge in [-0.15, -0.1) is 0 Å². The van der Waals surface area contributed by atoms with Crippen molar-refractivity contribution in [1.29, 1.82) is 0 Å². The third kappa shape index (κ3) is 4.85. The molecule has 0 unspecified atom stereocenters. The molecule has 30 heavy (non-hydrogen) atoms. The Balaban J connectivity index is 1.89. The van der Waals surface area contributed by atoms with Crippen molar-refractivity contribution in [2.45, 2.75) is 6.92 Å². The number of aryl methyl sites for hydroxylation is 1. The van der Waals surface area contributed by atoms with Crippen molar-refractivity contribution < 1.29 is 23.8 Å². The number of methoxy groups -OCH3 is 2. The van der Waals surface area contributed by atoms with E-state index in [9.17, 15) is 9.59 Å². The molecule has 1 aliphatic rings. The van der Waals surface area contributed by atoms with Crippen molar-refractivity contribution in [3.05, 3.63) is 56.9 Å². The number of anilines is 1. The third-order valence-corrected chi connectivity index (χ3v) is 6.22. The van der Waals surface area contributed by atoms with E-state index in [1.807, 2.05) is 31.2 Å². The maximum absolute atomic E-state index is 13.0. The summed E-state index contributed by atoms with van der Waals surface area (Å²) in [4.78, 5) is 26.3. The number of rotatable bonds is 6. The first-order chi connectivity index (χ1) is 14.3. The molecule has 0 spiro atoms. The number of hydrogen-bond donors (Lipinski definition) is 0. The highest BCUT2D eigenvalue weighted by molar-refractivity contribution is 9.10. The van der Waals surface area contributed by atoms with E-state index in [4.69, 9.17) is 21.7 Å². The van der Waals surface area contributed by atoms with Gasteiger partial charge in [-0.05, 0) is 42.8 Å². The smallest absolute Gasteiger partial charge is 0.343 e. The van der Waals surface area contributed by atoms with Crippen LogP contribution in [0.1, 0.15) is 11.1 Å². The van der Waals surface area contributed by atoms with Gasteiger partial charge in [0, 0.05) is 4.47 Å². The molecule has 156 valence electrons. The minimum Gasteiger partial charge on any atom is -0.493 e. The lowest BCUT2D eigenvalue weighted by molar-refractivity contribution is -0.142. The minimum atomic E-state index is -0.503. The van der Waals surface area contributed by atoms with Crippen LogP contribution in [0, 0.1) is 6.92 Å². The largest absolute Gasteiger partial charge is 0.493 e. The monoisotopic (exact) mass is 507 g/mol. The highest BCUT2D eigenvalue weighted by Gasteiger charge is 2.33. The van der Waals surface area contributed by atoms with Gasteiger partial charge in [-0.25, -0.2) is 4.79 Å². The summed E-state index contributed by atoms with van der Waals surface area (Å²) in [5, 5.41) is 0. The second-order valence-corrected chi connectivity index (χ2v) is 8.77. The molecule has 0 atom stereocenters. The van der Waals surface area contributed by atoms with Gasteiger partial charge < -0.3 is 14.2 Å². The lowest BCUT2D eigenvalue weighted by Gasteiger charge is -2.14. The van der Waals surface area contributed by atoms with Crippen LogP contribution < -0.4 is 14.4 Å². The second kappa shape index (κ2) is 9.63. The van der Waals surface area contributed by atoms with Crippen molar-refractivity contribution in [2.24, 2.45) is 0 Å². The molecule has 1 heterocycles. The molecular formula is C21H18BrNO5S2. The quantitative estimate of drug-likeness (QED) is 0.318. The Morgan fingerprint density at radius 2 is 1.90 bits per heavy atom. The van der Waals surface area contributed by atoms with Gasteiger partial charge in [0.1, 0.15) is 0 Å². The van der Waals surface area contributed by atoms with Crippen LogP contribution in [0.15, 0.2) is 45.8 Å². The molecule has 9 heteroatoms. The van der Waals surface area contributed by atoms with Crippen LogP contribution in [0.25, 0.3) is 6.08 Å². The van der Waals surface area contributed by atoms with E-state index in [2.05, 4.69) is 20.7 Å². The van der Waals surface area contributed by atoms with Gasteiger partial charge in [0.25, 0.3) is 5.91 Å². The molecular weight excluding hydrogens is 490 g/mol. The molecule has 2 aromatic carbocycles. The van der Waals surface area contributed by atoms with Gasteiger partial charge in [-0.1, -0.05) is 57.6 Å². The highest BCUT2D eigenvalue weighted by Crippen LogP contribution is 2.39. The van der Waals surface area contributed by atoms with E-state index in [0.717, 1.165) is 11.3 Å². The molecule has 0 radical (unpaired) electrons. The minimum absolute atomic E-state index is 0.189. The van der Waals surface area contributed by atoms with Crippen LogP contribution in [0.5, 0.6) is 11.5 Å². The Kier molecular flexibility index (Phi) is 7.17. The standard InChI is InChI=1S/C21H18BrNO5S2/c1-12-4-6-14(7-5-12)23-20(25)18(30-21(23)29)9-13-8-16(26-2)17(10-15(13)22)28-11-19(24)27-3/h4-10H,11H2,1-3H3/b18-9-. The van der Waals surface area contributed by atoms with Crippen LogP contribution in [-0.2, 0) is 14.3 Å². The van der Waals surface area contributed by atoms with Gasteiger partial charge in [-0.2, -0.15) is 0 Å². The number of halogens is 1. The predicted molar refractivity (Wildman–Crippen MR) is 125 cm³/mol. The summed E-state index contributed by atoms with van der Waals surface area (Å²) in [7, 11) is 2.78. The number of carbonyl (C=O) groups excluding carboxylic acids is 2. The second-order valence-electron chi connectivity index (χ2n) is 6.24. The molecule has 0 N–H and O–H groups in total. The highest BCUT2D eigenvalue weighted by atomic mass is 79.9. The first-order valence-electron chi connectivity index (χ1n) is 8.75. The Morgan fingerprint density at radius 1 is 1.20 bits per heavy atom. The third-order valence-electron chi connectivity index (χ3n) is 4.23. The predicted octanol–water partition coefficient (Wildman–Crippen LogP) is 4.72. The Hall–Kier alpha value is -2.36. The lowest BCUT2D eigenvalue weighted by Crippen LogP contribution is -2.27. The van der Waals surface area contributed by atoms with Crippen molar-refractivity contribution in [3.63, 3.8) is 0 Å². The van der Waals surface area contributed by atoms with Crippen LogP contribution in [0.2, 0.25) is 0 Å². The fourth-order valence-corrected chi connectivity index (χ4v) is 4.38. The lowest BCUT2D eigenvalue weighted by atomic mass is 10.1. The maximum Gasteiger partial charge on any atom is 0.343 e. The van der Waals surface area contributed by atoms with E-state index in [-0.39, 0.29) is 12.5 Å². The molecule has 0 saturated carbocycles. The van der Waals surface area contributed by atoms with Crippen LogP contribution >= 0.6 is 39.9 Å². The Morgan fingerprint density at radius 3 is 2.53 bits per heavy atom. The number of nitrogens with zero attached hydrogens (tertiary/aromatic N) is 1. The average Bonchev–Trinajstić information content (AvgIpc) is 3.01. The summed E-state index contributed by atoms with van der Waals surface area (Å²) in [5.74, 6) is 0.101. The van der Waals surface area contributed by atoms with Crippen molar-refractivity contribution in [2.75, 3.05) is 25.7 Å². The average molecular weight is 508 g/mol. The van der Waals surface area contributed by atoms with Gasteiger partial charge in [0.05, 0.1) is 24.8 Å². The van der Waals surface area contributed by atoms with E-state index in [0.29, 0.717) is 30.8 Å². The summed E-state index contributed by atoms with van der Waals surface area (Å²) in [6, 6.07) is 11.0. The summed E-state index contributed by atoms with van der Waals surface area (Å²) >= 11 is 10.1. The zero-order valence-corrected chi connectivity index (χ0v) is 19.7. The van der Waals surface area contributed by atoms with Crippen molar-refractivity contribution in [3.8, 4) is 11.5 Å². The van der Waals surface area contributed by atoms with Gasteiger partial charge in [-0.3, -0.25) is 9.69 Å². The molecule has 2 aromatic rings. The molecule has 0 aromatic heterocycles. The van der Waals surface area contributed by atoms with Crippen LogP contribution in [0.4, 0.5) is 5.69 Å². The van der Waals surface area contributed by atoms with Gasteiger partial charge in [0.15, 0.2) is 22.4 Å². The van der Waals surface area contributed by atoms with Crippen LogP contribution in [-0.4, -0.2) is 37.0 Å². The molecule has 0 bridgehead atoms. The first-order valence-corrected chi connectivity index (χ1v) is 10.8. The first kappa shape index (κ1) is 22.3. The summed E-state index contributed by atoms with van der Waals surface area (Å²) in [6.45, 7) is 1.74. The van der Waals surface area contributed by atoms with Gasteiger partial charge >= 0.3 is 5.97 Å². The molecule has 1 aliphatic heterocycles. The zero-order chi connectivity index (χ0) is 21.8. The summed E-state index contributed by atoms with van der Waals surface area (Å²) < 4.78 is 16.5. The Labute approximate surface area is 192 Å². The SMILES string of the molecule is COC(=O)COc1cc(Br)c(/C=C2\SC(=S)N(c3ccc(C)cc3)C2=O)cc1OC. The number of carbonyl (C=O) groups is 2. The topological polar surface area (TPSA) is 65.1 Å². The molecule has 1 saturated heterocycles. The van der Waals surface area contributed by atoms with E-state index in [1.54, 1.807) is 18.2 Å². The van der Waals surface area contributed by atoms with E-state index in [1.165, 1.54) is 30.9 Å². The number of esters is 1. The fourth-order valence-electron chi connectivity index (χ4n) is 2.65. The maximum atomic E-state index is 13.0. The molecule has 1 fully saturated rings. The fraction of sp³-hybridized carbons (Fsp3) is 0.190. The van der Waals surface area contributed by atoms with Crippen molar-refractivity contribution in [1.82, 2.24) is 0 Å². The number of thioether (sulfide) groups is 1. The van der Waals surface area contributed by atoms with Crippen molar-refractivity contribution >= 4 is 67.9 Å². The molecule has 0 aliphatic carbocycles. The number of thiocarbonyl (C=S) groups is 1. The number of amides is 1. The summed E-state index contributed by atoms with van der Waals surface area (Å²) in [5.41, 5.74) is 2.54. The van der Waals surface area contributed by atoms with Crippen LogP contribution in [0.3, 0.4) is 0 Å². The zero-order valence-electron chi connectivity index (χ0n) is 16.4. The Bertz CT molecular complexity index is 1040. The summed E-state index contributed by atoms with van der Waals surface area (Å²) in [6.07, 6.45) is 1.74. The van der Waals surface area contributed by atoms with E-state index < -0.39 is 5.97 Å². The van der Waals surface area contributed by atoms with Gasteiger partial charge in [0.2, 0.25) is 0 Å². The molecule has 3 rings (SSSR count). The molecule has 1 amide bonds. The number of benzene rings is 2. The van der Waals surface area contributed by atoms with E-state index >= 15 is 0 Å². The number of hydrogen-bond acceptors (Lipinski definition) is 7.